The molecule has 0 fully saturated rings. The van der Waals surface area contributed by atoms with Crippen molar-refractivity contribution in [2.75, 3.05) is 0 Å². The van der Waals surface area contributed by atoms with Crippen molar-refractivity contribution in [2.45, 2.75) is 43.7 Å². The molecule has 0 amide bonds. The first-order valence-electron chi connectivity index (χ1n) is 9.42. The number of alkyl halides is 1. The van der Waals surface area contributed by atoms with Gasteiger partial charge in [0, 0.05) is 24.1 Å². The van der Waals surface area contributed by atoms with Crippen LogP contribution in [0.4, 0.5) is 5.69 Å². The minimum absolute atomic E-state index is 0.00900. The topological polar surface area (TPSA) is 125 Å². The van der Waals surface area contributed by atoms with E-state index in [-0.39, 0.29) is 34.3 Å². The predicted molar refractivity (Wildman–Crippen MR) is 118 cm³/mol. The number of hydrogen-bond donors (Lipinski definition) is 1. The number of carbonyl (C=O) groups is 2. The van der Waals surface area contributed by atoms with Gasteiger partial charge in [0.15, 0.2) is 5.01 Å². The number of nitrogens with zero attached hydrogens (tertiary/aromatic N) is 1. The first-order chi connectivity index (χ1) is 14.9. The van der Waals surface area contributed by atoms with Crippen LogP contribution in [0, 0.1) is 10.1 Å². The molecule has 0 aliphatic carbocycles. The lowest BCUT2D eigenvalue weighted by molar-refractivity contribution is -0.385. The third-order valence-electron chi connectivity index (χ3n) is 4.42. The minimum atomic E-state index is -1.03. The predicted octanol–water partition coefficient (Wildman–Crippen LogP) is 5.67. The number of carbonyl (C=O) groups excluding carboxylic acids is 1. The van der Waals surface area contributed by atoms with Gasteiger partial charge >= 0.3 is 17.6 Å². The number of nitro groups is 1. The van der Waals surface area contributed by atoms with Gasteiger partial charge in [-0.3, -0.25) is 14.9 Å². The molecule has 0 aromatic heterocycles. The number of carboxylic acids is 1. The van der Waals surface area contributed by atoms with Crippen LogP contribution in [-0.4, -0.2) is 32.6 Å². The Bertz CT molecular complexity index is 1100. The number of halogens is 2. The summed E-state index contributed by atoms with van der Waals surface area (Å²) in [6.45, 7) is 5.05. The van der Waals surface area contributed by atoms with Gasteiger partial charge in [-0.05, 0) is 54.9 Å². The molecular formula is C21H19BrClNO8. The first kappa shape index (κ1) is 23.8. The maximum absolute atomic E-state index is 12.3. The fourth-order valence-corrected chi connectivity index (χ4v) is 3.85. The fraction of sp³-hybridized carbons (Fsp3) is 0.333. The summed E-state index contributed by atoms with van der Waals surface area (Å²) in [7, 11) is 0. The Labute approximate surface area is 196 Å². The quantitative estimate of drug-likeness (QED) is 0.228. The van der Waals surface area contributed by atoms with E-state index in [0.717, 1.165) is 6.07 Å². The summed E-state index contributed by atoms with van der Waals surface area (Å²) in [6, 6.07) is 6.45. The molecule has 2 atom stereocenters. The normalized spacial score (nSPS) is 17.7. The summed E-state index contributed by atoms with van der Waals surface area (Å²) >= 11 is 9.53. The monoisotopic (exact) mass is 527 g/mol. The third kappa shape index (κ3) is 5.31. The van der Waals surface area contributed by atoms with Crippen molar-refractivity contribution < 1.29 is 33.8 Å². The number of hydrogen-bond acceptors (Lipinski definition) is 7. The number of fused-ring (bicyclic) bond motifs is 1. The van der Waals surface area contributed by atoms with E-state index in [9.17, 15) is 24.8 Å². The van der Waals surface area contributed by atoms with E-state index < -0.39 is 39.1 Å². The zero-order valence-electron chi connectivity index (χ0n) is 17.3. The average molecular weight is 529 g/mol. The number of ether oxygens (including phenoxy) is 3. The molecule has 1 aliphatic heterocycles. The SMILES string of the molecule is CC(C)(C)OC(=O)c1ccc(Oc2cc3c(cc2Cl)C(C(=O)O)CC(Br)O3)c([N+](=O)[O-])c1. The van der Waals surface area contributed by atoms with Gasteiger partial charge < -0.3 is 19.3 Å². The van der Waals surface area contributed by atoms with E-state index in [2.05, 4.69) is 15.9 Å². The molecule has 2 aromatic carbocycles. The van der Waals surface area contributed by atoms with Crippen LogP contribution in [0.5, 0.6) is 17.2 Å². The molecule has 11 heteroatoms. The van der Waals surface area contributed by atoms with Crippen molar-refractivity contribution in [3.05, 3.63) is 56.6 Å². The highest BCUT2D eigenvalue weighted by Crippen LogP contribution is 2.45. The molecule has 0 saturated heterocycles. The molecule has 1 N–H and O–H groups in total. The van der Waals surface area contributed by atoms with E-state index in [4.69, 9.17) is 25.8 Å². The number of benzene rings is 2. The molecule has 170 valence electrons. The molecule has 2 aromatic rings. The van der Waals surface area contributed by atoms with Crippen LogP contribution >= 0.6 is 27.5 Å². The van der Waals surface area contributed by atoms with Gasteiger partial charge in [0.1, 0.15) is 17.1 Å². The van der Waals surface area contributed by atoms with Crippen molar-refractivity contribution in [3.63, 3.8) is 0 Å². The van der Waals surface area contributed by atoms with Crippen LogP contribution in [0.25, 0.3) is 0 Å². The van der Waals surface area contributed by atoms with Crippen LogP contribution in [0.1, 0.15) is 49.0 Å². The van der Waals surface area contributed by atoms with E-state index in [1.807, 2.05) is 0 Å². The number of nitro benzene ring substituents is 1. The highest BCUT2D eigenvalue weighted by Gasteiger charge is 2.33. The van der Waals surface area contributed by atoms with Crippen LogP contribution in [0.3, 0.4) is 0 Å². The second kappa shape index (κ2) is 8.95. The second-order valence-electron chi connectivity index (χ2n) is 8.02. The van der Waals surface area contributed by atoms with Crippen LogP contribution in [0.2, 0.25) is 5.02 Å². The molecule has 2 unspecified atom stereocenters. The highest BCUT2D eigenvalue weighted by molar-refractivity contribution is 9.09. The molecule has 3 rings (SSSR count). The van der Waals surface area contributed by atoms with Crippen LogP contribution in [0.15, 0.2) is 30.3 Å². The number of carboxylic acid groups (broad SMARTS) is 1. The summed E-state index contributed by atoms with van der Waals surface area (Å²) < 4.78 is 16.6. The van der Waals surface area contributed by atoms with E-state index >= 15 is 0 Å². The molecule has 0 spiro atoms. The lowest BCUT2D eigenvalue weighted by Gasteiger charge is -2.27. The Kier molecular flexibility index (Phi) is 6.66. The van der Waals surface area contributed by atoms with Crippen molar-refractivity contribution in [1.29, 1.82) is 0 Å². The molecular weight excluding hydrogens is 510 g/mol. The zero-order chi connectivity index (χ0) is 23.8. The smallest absolute Gasteiger partial charge is 0.338 e. The summed E-state index contributed by atoms with van der Waals surface area (Å²) in [5.74, 6) is -2.47. The minimum Gasteiger partial charge on any atom is -0.481 e. The van der Waals surface area contributed by atoms with Crippen molar-refractivity contribution >= 4 is 45.2 Å². The van der Waals surface area contributed by atoms with Crippen molar-refractivity contribution in [1.82, 2.24) is 0 Å². The highest BCUT2D eigenvalue weighted by atomic mass is 79.9. The number of rotatable bonds is 5. The first-order valence-corrected chi connectivity index (χ1v) is 10.7. The molecule has 32 heavy (non-hydrogen) atoms. The fourth-order valence-electron chi connectivity index (χ4n) is 3.06. The van der Waals surface area contributed by atoms with E-state index in [1.54, 1.807) is 20.8 Å². The van der Waals surface area contributed by atoms with E-state index in [1.165, 1.54) is 24.3 Å². The molecule has 9 nitrogen and oxygen atoms in total. The Morgan fingerprint density at radius 2 is 1.94 bits per heavy atom. The van der Waals surface area contributed by atoms with Crippen molar-refractivity contribution in [3.8, 4) is 17.2 Å². The summed E-state index contributed by atoms with van der Waals surface area (Å²) in [5, 5.41) is 20.6. The number of aliphatic carboxylic acids is 1. The summed E-state index contributed by atoms with van der Waals surface area (Å²) in [6.07, 6.45) is 0.205. The van der Waals surface area contributed by atoms with Gasteiger partial charge in [-0.1, -0.05) is 11.6 Å². The summed E-state index contributed by atoms with van der Waals surface area (Å²) in [5.41, 5.74) is -0.867. The standard InChI is InChI=1S/C21H19BrClNO8/c1-21(2,3)32-20(27)10-4-5-15(14(6-10)24(28)29)30-17-9-16-11(7-13(17)23)12(19(25)26)8-18(22)31-16/h4-7,9,12,18H,8H2,1-3H3,(H,25,26). The number of esters is 1. The average Bonchev–Trinajstić information content (AvgIpc) is 2.67. The molecule has 0 saturated carbocycles. The molecule has 0 radical (unpaired) electrons. The Morgan fingerprint density at radius 1 is 1.25 bits per heavy atom. The lowest BCUT2D eigenvalue weighted by Crippen LogP contribution is -2.25. The maximum Gasteiger partial charge on any atom is 0.338 e. The molecule has 1 aliphatic rings. The summed E-state index contributed by atoms with van der Waals surface area (Å²) in [4.78, 5) is 34.7. The van der Waals surface area contributed by atoms with Gasteiger partial charge in [-0.25, -0.2) is 4.79 Å². The van der Waals surface area contributed by atoms with Crippen LogP contribution < -0.4 is 9.47 Å². The zero-order valence-corrected chi connectivity index (χ0v) is 19.6. The van der Waals surface area contributed by atoms with Gasteiger partial charge in [-0.2, -0.15) is 0 Å². The third-order valence-corrected chi connectivity index (χ3v) is 5.28. The Balaban J connectivity index is 1.96. The van der Waals surface area contributed by atoms with Crippen LogP contribution in [-0.2, 0) is 9.53 Å². The van der Waals surface area contributed by atoms with Gasteiger partial charge in [0.2, 0.25) is 5.75 Å². The van der Waals surface area contributed by atoms with Gasteiger partial charge in [0.25, 0.3) is 0 Å². The van der Waals surface area contributed by atoms with Gasteiger partial charge in [0.05, 0.1) is 21.4 Å². The molecule has 1 heterocycles. The second-order valence-corrected chi connectivity index (χ2v) is 9.45. The maximum atomic E-state index is 12.3. The van der Waals surface area contributed by atoms with E-state index in [0.29, 0.717) is 5.56 Å². The van der Waals surface area contributed by atoms with Gasteiger partial charge in [-0.15, -0.1) is 0 Å². The largest absolute Gasteiger partial charge is 0.481 e. The van der Waals surface area contributed by atoms with Crippen molar-refractivity contribution in [2.24, 2.45) is 0 Å². The Morgan fingerprint density at radius 3 is 2.53 bits per heavy atom. The lowest BCUT2D eigenvalue weighted by atomic mass is 9.93. The molecule has 0 bridgehead atoms. The Hall–Kier alpha value is -2.85.